The largest absolute Gasteiger partial charge is 0.380 e. The van der Waals surface area contributed by atoms with Gasteiger partial charge in [-0.2, -0.15) is 0 Å². The molecule has 0 unspecified atom stereocenters. The van der Waals surface area contributed by atoms with E-state index in [1.54, 1.807) is 0 Å². The number of hydrogen-bond acceptors (Lipinski definition) is 2. The molecule has 2 saturated heterocycles. The SMILES string of the molecule is CI.OC(c1ccccc1)(c1ccccc1)[C@@H]1CCN2CCCC[C@@H]2C1. The predicted octanol–water partition coefficient (Wildman–Crippen LogP) is 5.24. The normalized spacial score (nSPS) is 23.5. The van der Waals surface area contributed by atoms with E-state index in [-0.39, 0.29) is 5.92 Å². The molecule has 2 aromatic carbocycles. The highest BCUT2D eigenvalue weighted by atomic mass is 127. The van der Waals surface area contributed by atoms with E-state index in [1.165, 1.54) is 25.8 Å². The lowest BCUT2D eigenvalue weighted by molar-refractivity contribution is -0.0379. The molecule has 2 aliphatic heterocycles. The van der Waals surface area contributed by atoms with Crippen LogP contribution in [0.3, 0.4) is 0 Å². The molecule has 1 N–H and O–H groups in total. The van der Waals surface area contributed by atoms with Gasteiger partial charge < -0.3 is 10.0 Å². The molecule has 4 rings (SSSR count). The first-order valence-electron chi connectivity index (χ1n) is 9.74. The highest BCUT2D eigenvalue weighted by molar-refractivity contribution is 14.1. The summed E-state index contributed by atoms with van der Waals surface area (Å²) in [5, 5.41) is 12.0. The van der Waals surface area contributed by atoms with Gasteiger partial charge in [-0.15, -0.1) is 0 Å². The van der Waals surface area contributed by atoms with Crippen LogP contribution in [-0.4, -0.2) is 34.1 Å². The van der Waals surface area contributed by atoms with Crippen molar-refractivity contribution in [3.8, 4) is 0 Å². The summed E-state index contributed by atoms with van der Waals surface area (Å²) in [4.78, 5) is 4.62. The number of benzene rings is 2. The maximum absolute atomic E-state index is 12.0. The van der Waals surface area contributed by atoms with E-state index in [9.17, 15) is 5.11 Å². The quantitative estimate of drug-likeness (QED) is 0.497. The van der Waals surface area contributed by atoms with E-state index in [1.807, 2.05) is 41.3 Å². The second kappa shape index (κ2) is 9.34. The van der Waals surface area contributed by atoms with Crippen LogP contribution in [0, 0.1) is 5.92 Å². The Bertz CT molecular complexity index is 621. The highest BCUT2D eigenvalue weighted by Gasteiger charge is 2.44. The number of alkyl halides is 1. The molecule has 0 bridgehead atoms. The van der Waals surface area contributed by atoms with Gasteiger partial charge in [0.2, 0.25) is 0 Å². The van der Waals surface area contributed by atoms with Crippen molar-refractivity contribution in [2.75, 3.05) is 18.0 Å². The molecule has 0 radical (unpaired) electrons. The fourth-order valence-corrected chi connectivity index (χ4v) is 4.79. The summed E-state index contributed by atoms with van der Waals surface area (Å²) in [7, 11) is 0. The van der Waals surface area contributed by atoms with Gasteiger partial charge in [0.1, 0.15) is 5.60 Å². The van der Waals surface area contributed by atoms with Crippen LogP contribution in [0.2, 0.25) is 0 Å². The monoisotopic (exact) mass is 463 g/mol. The number of piperidine rings is 2. The Kier molecular flexibility index (Phi) is 7.12. The van der Waals surface area contributed by atoms with Crippen molar-refractivity contribution in [3.05, 3.63) is 71.8 Å². The molecule has 2 fully saturated rings. The molecule has 2 aliphatic rings. The zero-order valence-corrected chi connectivity index (χ0v) is 17.8. The summed E-state index contributed by atoms with van der Waals surface area (Å²) in [6, 6.07) is 21.2. The molecular weight excluding hydrogens is 433 g/mol. The molecule has 2 atom stereocenters. The van der Waals surface area contributed by atoms with Gasteiger partial charge >= 0.3 is 0 Å². The van der Waals surface area contributed by atoms with Gasteiger partial charge in [-0.1, -0.05) is 89.7 Å². The van der Waals surface area contributed by atoms with Crippen molar-refractivity contribution < 1.29 is 5.11 Å². The molecule has 2 aromatic rings. The molecule has 0 aliphatic carbocycles. The van der Waals surface area contributed by atoms with Crippen molar-refractivity contribution in [2.24, 2.45) is 5.92 Å². The van der Waals surface area contributed by atoms with Crippen LogP contribution in [0.1, 0.15) is 43.2 Å². The third-order valence-electron chi connectivity index (χ3n) is 6.09. The van der Waals surface area contributed by atoms with Crippen LogP contribution in [0.15, 0.2) is 60.7 Å². The highest BCUT2D eigenvalue weighted by Crippen LogP contribution is 2.44. The predicted molar refractivity (Wildman–Crippen MR) is 118 cm³/mol. The Hall–Kier alpha value is -0.910. The number of hydrogen-bond donors (Lipinski definition) is 1. The van der Waals surface area contributed by atoms with E-state index < -0.39 is 5.60 Å². The first kappa shape index (κ1) is 19.8. The van der Waals surface area contributed by atoms with Crippen LogP contribution < -0.4 is 0 Å². The minimum absolute atomic E-state index is 0.279. The van der Waals surface area contributed by atoms with Gasteiger partial charge in [-0.3, -0.25) is 0 Å². The van der Waals surface area contributed by atoms with Gasteiger partial charge in [0.15, 0.2) is 0 Å². The van der Waals surface area contributed by atoms with Gasteiger partial charge in [-0.25, -0.2) is 0 Å². The Morgan fingerprint density at radius 1 is 0.846 bits per heavy atom. The van der Waals surface area contributed by atoms with Crippen LogP contribution >= 0.6 is 22.6 Å². The number of nitrogens with zero attached hydrogens (tertiary/aromatic N) is 1. The van der Waals surface area contributed by atoms with Crippen molar-refractivity contribution in [1.29, 1.82) is 0 Å². The van der Waals surface area contributed by atoms with E-state index in [4.69, 9.17) is 0 Å². The Morgan fingerprint density at radius 3 is 2.00 bits per heavy atom. The van der Waals surface area contributed by atoms with E-state index in [2.05, 4.69) is 51.8 Å². The van der Waals surface area contributed by atoms with E-state index >= 15 is 0 Å². The van der Waals surface area contributed by atoms with Crippen molar-refractivity contribution in [2.45, 2.75) is 43.7 Å². The second-order valence-corrected chi connectivity index (χ2v) is 7.41. The van der Waals surface area contributed by atoms with Gasteiger partial charge in [0.05, 0.1) is 0 Å². The third-order valence-corrected chi connectivity index (χ3v) is 6.09. The maximum Gasteiger partial charge on any atom is 0.117 e. The molecule has 26 heavy (non-hydrogen) atoms. The average Bonchev–Trinajstić information content (AvgIpc) is 2.75. The topological polar surface area (TPSA) is 23.5 Å². The molecular formula is C23H30INO. The zero-order valence-electron chi connectivity index (χ0n) is 15.7. The second-order valence-electron chi connectivity index (χ2n) is 7.41. The van der Waals surface area contributed by atoms with Crippen molar-refractivity contribution >= 4 is 22.6 Å². The molecule has 0 spiro atoms. The lowest BCUT2D eigenvalue weighted by Gasteiger charge is -2.47. The number of halogens is 1. The van der Waals surface area contributed by atoms with Crippen LogP contribution in [0.4, 0.5) is 0 Å². The van der Waals surface area contributed by atoms with E-state index in [0.29, 0.717) is 6.04 Å². The number of aliphatic hydroxyl groups is 1. The lowest BCUT2D eigenvalue weighted by Crippen LogP contribution is -2.50. The Morgan fingerprint density at radius 2 is 1.42 bits per heavy atom. The Labute approximate surface area is 171 Å². The molecule has 140 valence electrons. The van der Waals surface area contributed by atoms with Gasteiger partial charge in [-0.05, 0) is 60.7 Å². The lowest BCUT2D eigenvalue weighted by atomic mass is 9.69. The third kappa shape index (κ3) is 4.00. The molecule has 0 amide bonds. The summed E-state index contributed by atoms with van der Waals surface area (Å²) in [6.45, 7) is 2.36. The molecule has 0 aromatic heterocycles. The first-order valence-corrected chi connectivity index (χ1v) is 11.9. The van der Waals surface area contributed by atoms with Crippen molar-refractivity contribution in [3.63, 3.8) is 0 Å². The molecule has 3 heteroatoms. The van der Waals surface area contributed by atoms with Crippen LogP contribution in [0.5, 0.6) is 0 Å². The number of rotatable bonds is 3. The first-order chi connectivity index (χ1) is 12.8. The van der Waals surface area contributed by atoms with Gasteiger partial charge in [0.25, 0.3) is 0 Å². The average molecular weight is 463 g/mol. The zero-order chi connectivity index (χ0) is 18.4. The van der Waals surface area contributed by atoms with Crippen LogP contribution in [-0.2, 0) is 5.60 Å². The number of fused-ring (bicyclic) bond motifs is 1. The molecule has 0 saturated carbocycles. The minimum atomic E-state index is -0.883. The summed E-state index contributed by atoms with van der Waals surface area (Å²) < 4.78 is 0. The smallest absolute Gasteiger partial charge is 0.117 e. The van der Waals surface area contributed by atoms with E-state index in [0.717, 1.165) is 30.5 Å². The standard InChI is InChI=1S/C22H27NO.CH3I/c24-22(18-9-3-1-4-10-18,19-11-5-2-6-12-19)20-14-16-23-15-8-7-13-21(23)17-20;1-2/h1-6,9-12,20-21,24H,7-8,13-17H2;1H3/t20-,21-;/m1./s1. The Balaban J connectivity index is 0.000000948. The molecule has 2 nitrogen and oxygen atoms in total. The van der Waals surface area contributed by atoms with Crippen LogP contribution in [0.25, 0.3) is 0 Å². The maximum atomic E-state index is 12.0. The molecule has 2 heterocycles. The summed E-state index contributed by atoms with van der Waals surface area (Å²) in [5.41, 5.74) is 1.18. The van der Waals surface area contributed by atoms with Crippen molar-refractivity contribution in [1.82, 2.24) is 4.90 Å². The minimum Gasteiger partial charge on any atom is -0.380 e. The van der Waals surface area contributed by atoms with Gasteiger partial charge in [0, 0.05) is 6.04 Å². The fourth-order valence-electron chi connectivity index (χ4n) is 4.79. The fraction of sp³-hybridized carbons (Fsp3) is 0.478. The summed E-state index contributed by atoms with van der Waals surface area (Å²) in [6.07, 6.45) is 6.12. The summed E-state index contributed by atoms with van der Waals surface area (Å²) in [5.74, 6) is 0.279. The summed E-state index contributed by atoms with van der Waals surface area (Å²) >= 11 is 2.15.